The van der Waals surface area contributed by atoms with Crippen LogP contribution in [0.2, 0.25) is 0 Å². The van der Waals surface area contributed by atoms with Gasteiger partial charge < -0.3 is 4.74 Å². The molecule has 0 bridgehead atoms. The number of carbonyl (C=O) groups excluding carboxylic acids is 1. The van der Waals surface area contributed by atoms with Gasteiger partial charge in [-0.05, 0) is 12.1 Å². The highest BCUT2D eigenvalue weighted by Crippen LogP contribution is 2.28. The summed E-state index contributed by atoms with van der Waals surface area (Å²) in [5.41, 5.74) is -1.18. The van der Waals surface area contributed by atoms with Gasteiger partial charge in [-0.15, -0.1) is 0 Å². The number of methoxy groups -OCH3 is 1. The van der Waals surface area contributed by atoms with E-state index < -0.39 is 23.4 Å². The number of ether oxygens (including phenoxy) is 1. The Bertz CT molecular complexity index is 1050. The van der Waals surface area contributed by atoms with Gasteiger partial charge in [0.2, 0.25) is 0 Å². The molecule has 0 fully saturated rings. The number of alkyl halides is 3. The quantitative estimate of drug-likeness (QED) is 0.641. The van der Waals surface area contributed by atoms with Gasteiger partial charge in [0.25, 0.3) is 5.56 Å². The van der Waals surface area contributed by atoms with Crippen LogP contribution in [0, 0.1) is 0 Å². The summed E-state index contributed by atoms with van der Waals surface area (Å²) in [7, 11) is 1.23. The van der Waals surface area contributed by atoms with E-state index in [0.717, 1.165) is 4.57 Å². The summed E-state index contributed by atoms with van der Waals surface area (Å²) in [5.74, 6) is -0.698. The summed E-state index contributed by atoms with van der Waals surface area (Å²) >= 11 is 0. The molecule has 0 N–H and O–H groups in total. The van der Waals surface area contributed by atoms with Crippen LogP contribution in [0.4, 0.5) is 13.2 Å². The van der Waals surface area contributed by atoms with Gasteiger partial charge in [-0.2, -0.15) is 13.2 Å². The largest absolute Gasteiger partial charge is 0.465 e. The zero-order chi connectivity index (χ0) is 20.3. The summed E-state index contributed by atoms with van der Waals surface area (Å²) in [4.78, 5) is 31.6. The predicted octanol–water partition coefficient (Wildman–Crippen LogP) is 3.16. The van der Waals surface area contributed by atoms with Crippen LogP contribution < -0.4 is 5.56 Å². The zero-order valence-electron chi connectivity index (χ0n) is 14.6. The molecule has 0 atom stereocenters. The molecule has 0 saturated heterocycles. The molecule has 28 heavy (non-hydrogen) atoms. The van der Waals surface area contributed by atoms with E-state index in [-0.39, 0.29) is 17.9 Å². The van der Waals surface area contributed by atoms with Crippen LogP contribution in [0.5, 0.6) is 0 Å². The smallest absolute Gasteiger partial charge is 0.433 e. The number of esters is 1. The number of nitrogens with zero attached hydrogens (tertiary/aromatic N) is 3. The third kappa shape index (κ3) is 4.08. The van der Waals surface area contributed by atoms with E-state index in [1.807, 2.05) is 0 Å². The molecule has 6 nitrogen and oxygen atoms in total. The summed E-state index contributed by atoms with van der Waals surface area (Å²) in [5, 5.41) is 0. The van der Waals surface area contributed by atoms with Gasteiger partial charge in [0.1, 0.15) is 5.82 Å². The number of hydrogen-bond acceptors (Lipinski definition) is 5. The van der Waals surface area contributed by atoms with Crippen molar-refractivity contribution in [3.8, 4) is 11.4 Å². The van der Waals surface area contributed by atoms with Gasteiger partial charge in [-0.3, -0.25) is 14.3 Å². The van der Waals surface area contributed by atoms with Crippen LogP contribution in [0.25, 0.3) is 11.4 Å². The maximum atomic E-state index is 13.1. The summed E-state index contributed by atoms with van der Waals surface area (Å²) < 4.78 is 45.0. The number of hydrogen-bond donors (Lipinski definition) is 0. The van der Waals surface area contributed by atoms with Crippen LogP contribution >= 0.6 is 0 Å². The minimum atomic E-state index is -4.75. The van der Waals surface area contributed by atoms with E-state index in [1.54, 1.807) is 30.3 Å². The topological polar surface area (TPSA) is 74.1 Å². The molecule has 0 amide bonds. The van der Waals surface area contributed by atoms with Crippen molar-refractivity contribution in [2.24, 2.45) is 0 Å². The van der Waals surface area contributed by atoms with E-state index in [9.17, 15) is 22.8 Å². The molecule has 3 rings (SSSR count). The lowest BCUT2D eigenvalue weighted by molar-refractivity contribution is -0.141. The van der Waals surface area contributed by atoms with Crippen molar-refractivity contribution < 1.29 is 22.7 Å². The van der Waals surface area contributed by atoms with E-state index in [0.29, 0.717) is 17.3 Å². The first-order valence-electron chi connectivity index (χ1n) is 8.07. The molecular formula is C19H14F3N3O3. The van der Waals surface area contributed by atoms with Crippen LogP contribution in [-0.4, -0.2) is 27.6 Å². The molecular weight excluding hydrogens is 375 g/mol. The van der Waals surface area contributed by atoms with Crippen molar-refractivity contribution in [2.75, 3.05) is 7.11 Å². The van der Waals surface area contributed by atoms with Gasteiger partial charge in [0.05, 0.1) is 24.9 Å². The molecule has 0 spiro atoms. The van der Waals surface area contributed by atoms with Crippen LogP contribution in [0.3, 0.4) is 0 Å². The van der Waals surface area contributed by atoms with Gasteiger partial charge in [-0.25, -0.2) is 9.78 Å². The molecule has 3 aromatic rings. The summed E-state index contributed by atoms with van der Waals surface area (Å²) in [6.07, 6.45) is -3.48. The fourth-order valence-electron chi connectivity index (χ4n) is 2.53. The lowest BCUT2D eigenvalue weighted by Crippen LogP contribution is -2.27. The molecule has 0 aliphatic heterocycles. The Kier molecular flexibility index (Phi) is 5.25. The van der Waals surface area contributed by atoms with Gasteiger partial charge in [0.15, 0.2) is 5.69 Å². The van der Waals surface area contributed by atoms with Crippen molar-refractivity contribution in [3.05, 3.63) is 82.0 Å². The van der Waals surface area contributed by atoms with Crippen molar-refractivity contribution in [3.63, 3.8) is 0 Å². The standard InChI is InChI=1S/C19H14F3N3O3/c1-28-18(27)13-7-8-14(23-10-13)11-25-16(26)9-15(19(20,21)22)24-17(25)12-5-3-2-4-6-12/h2-10H,11H2,1H3. The monoisotopic (exact) mass is 389 g/mol. The Labute approximate surface area is 157 Å². The zero-order valence-corrected chi connectivity index (χ0v) is 14.6. The number of benzene rings is 1. The lowest BCUT2D eigenvalue weighted by Gasteiger charge is -2.15. The number of halogens is 3. The molecule has 0 aliphatic carbocycles. The lowest BCUT2D eigenvalue weighted by atomic mass is 10.2. The molecule has 0 radical (unpaired) electrons. The molecule has 0 saturated carbocycles. The Hall–Kier alpha value is -3.49. The van der Waals surface area contributed by atoms with Crippen molar-refractivity contribution in [2.45, 2.75) is 12.7 Å². The average molecular weight is 389 g/mol. The molecule has 9 heteroatoms. The predicted molar refractivity (Wildman–Crippen MR) is 93.6 cm³/mol. The highest BCUT2D eigenvalue weighted by atomic mass is 19.4. The second-order valence-corrected chi connectivity index (χ2v) is 5.78. The van der Waals surface area contributed by atoms with Crippen molar-refractivity contribution >= 4 is 5.97 Å². The molecule has 144 valence electrons. The second kappa shape index (κ2) is 7.63. The van der Waals surface area contributed by atoms with E-state index in [4.69, 9.17) is 0 Å². The number of pyridine rings is 1. The first kappa shape index (κ1) is 19.3. The number of carbonyl (C=O) groups is 1. The molecule has 2 heterocycles. The first-order chi connectivity index (χ1) is 13.3. The third-order valence-electron chi connectivity index (χ3n) is 3.90. The molecule has 0 aliphatic rings. The number of rotatable bonds is 4. The van der Waals surface area contributed by atoms with Crippen molar-refractivity contribution in [1.82, 2.24) is 14.5 Å². The van der Waals surface area contributed by atoms with E-state index in [2.05, 4.69) is 14.7 Å². The van der Waals surface area contributed by atoms with Crippen molar-refractivity contribution in [1.29, 1.82) is 0 Å². The minimum Gasteiger partial charge on any atom is -0.465 e. The highest BCUT2D eigenvalue weighted by molar-refractivity contribution is 5.88. The first-order valence-corrected chi connectivity index (χ1v) is 8.07. The fraction of sp³-hybridized carbons (Fsp3) is 0.158. The SMILES string of the molecule is COC(=O)c1ccc(Cn2c(-c3ccccc3)nc(C(F)(F)F)cc2=O)nc1. The second-order valence-electron chi connectivity index (χ2n) is 5.78. The van der Waals surface area contributed by atoms with Crippen LogP contribution in [0.15, 0.2) is 59.5 Å². The third-order valence-corrected chi connectivity index (χ3v) is 3.90. The number of aromatic nitrogens is 3. The minimum absolute atomic E-state index is 0.115. The average Bonchev–Trinajstić information content (AvgIpc) is 2.69. The Morgan fingerprint density at radius 1 is 1.14 bits per heavy atom. The van der Waals surface area contributed by atoms with Gasteiger partial charge in [0, 0.05) is 17.8 Å². The Balaban J connectivity index is 2.07. The maximum Gasteiger partial charge on any atom is 0.433 e. The van der Waals surface area contributed by atoms with E-state index >= 15 is 0 Å². The summed E-state index contributed by atoms with van der Waals surface area (Å²) in [6, 6.07) is 11.5. The molecule has 1 aromatic carbocycles. The Morgan fingerprint density at radius 3 is 2.43 bits per heavy atom. The summed E-state index contributed by atoms with van der Waals surface area (Å²) in [6.45, 7) is -0.115. The molecule has 2 aromatic heterocycles. The van der Waals surface area contributed by atoms with Gasteiger partial charge in [-0.1, -0.05) is 30.3 Å². The van der Waals surface area contributed by atoms with E-state index in [1.165, 1.54) is 25.4 Å². The van der Waals surface area contributed by atoms with Crippen LogP contribution in [-0.2, 0) is 17.5 Å². The van der Waals surface area contributed by atoms with Crippen LogP contribution in [0.1, 0.15) is 21.7 Å². The maximum absolute atomic E-state index is 13.1. The molecule has 0 unspecified atom stereocenters. The highest BCUT2D eigenvalue weighted by Gasteiger charge is 2.34. The van der Waals surface area contributed by atoms with Gasteiger partial charge >= 0.3 is 12.1 Å². The fourth-order valence-corrected chi connectivity index (χ4v) is 2.53. The normalized spacial score (nSPS) is 11.3. The Morgan fingerprint density at radius 2 is 1.86 bits per heavy atom.